The van der Waals surface area contributed by atoms with Crippen LogP contribution >= 0.6 is 0 Å². The molecule has 0 radical (unpaired) electrons. The van der Waals surface area contributed by atoms with Crippen LogP contribution < -0.4 is 0 Å². The highest BCUT2D eigenvalue weighted by Gasteiger charge is 2.29. The van der Waals surface area contributed by atoms with Crippen molar-refractivity contribution in [2.75, 3.05) is 0 Å². The molecule has 0 atom stereocenters. The van der Waals surface area contributed by atoms with Gasteiger partial charge in [0.2, 0.25) is 0 Å². The van der Waals surface area contributed by atoms with Crippen LogP contribution in [-0.4, -0.2) is 0 Å². The molecule has 23 heavy (non-hydrogen) atoms. The molecule has 112 valence electrons. The van der Waals surface area contributed by atoms with E-state index in [1.54, 1.807) is 0 Å². The SMILES string of the molecule is Cc1ccc2c(c1)C(C(C#N)C1=CCc3ccc(C)cc31)=CC2. The maximum atomic E-state index is 9.90. The molecule has 0 fully saturated rings. The molecule has 0 spiro atoms. The van der Waals surface area contributed by atoms with Crippen LogP contribution in [-0.2, 0) is 12.8 Å². The maximum Gasteiger partial charge on any atom is 0.0968 e. The highest BCUT2D eigenvalue weighted by Crippen LogP contribution is 2.43. The predicted octanol–water partition coefficient (Wildman–Crippen LogP) is 5.02. The third kappa shape index (κ3) is 2.23. The van der Waals surface area contributed by atoms with E-state index in [2.05, 4.69) is 68.5 Å². The van der Waals surface area contributed by atoms with Crippen LogP contribution in [0.4, 0.5) is 0 Å². The number of allylic oxidation sites excluding steroid dienone is 4. The lowest BCUT2D eigenvalue weighted by Crippen LogP contribution is -2.03. The molecule has 0 bridgehead atoms. The molecule has 1 heteroatoms. The lowest BCUT2D eigenvalue weighted by atomic mass is 9.85. The van der Waals surface area contributed by atoms with Gasteiger partial charge >= 0.3 is 0 Å². The fraction of sp³-hybridized carbons (Fsp3) is 0.227. The van der Waals surface area contributed by atoms with Gasteiger partial charge in [0.25, 0.3) is 0 Å². The smallest absolute Gasteiger partial charge is 0.0968 e. The number of fused-ring (bicyclic) bond motifs is 2. The highest BCUT2D eigenvalue weighted by atomic mass is 14.4. The minimum absolute atomic E-state index is 0.166. The molecule has 0 saturated carbocycles. The van der Waals surface area contributed by atoms with E-state index in [1.807, 2.05) is 0 Å². The molecule has 2 aromatic carbocycles. The predicted molar refractivity (Wildman–Crippen MR) is 94.8 cm³/mol. The molecule has 0 saturated heterocycles. The molecule has 2 aliphatic rings. The maximum absolute atomic E-state index is 9.90. The van der Waals surface area contributed by atoms with Gasteiger partial charge in [0.15, 0.2) is 0 Å². The van der Waals surface area contributed by atoms with E-state index in [4.69, 9.17) is 0 Å². The Morgan fingerprint density at radius 2 is 1.30 bits per heavy atom. The average Bonchev–Trinajstić information content (AvgIpc) is 3.13. The van der Waals surface area contributed by atoms with Crippen LogP contribution in [0.15, 0.2) is 48.6 Å². The van der Waals surface area contributed by atoms with E-state index < -0.39 is 0 Å². The first-order valence-corrected chi connectivity index (χ1v) is 8.17. The molecule has 2 aliphatic carbocycles. The van der Waals surface area contributed by atoms with Gasteiger partial charge in [-0.1, -0.05) is 59.7 Å². The van der Waals surface area contributed by atoms with Crippen molar-refractivity contribution in [3.05, 3.63) is 81.9 Å². The van der Waals surface area contributed by atoms with Gasteiger partial charge in [0, 0.05) is 0 Å². The molecule has 0 N–H and O–H groups in total. The third-order valence-electron chi connectivity index (χ3n) is 4.99. The van der Waals surface area contributed by atoms with Gasteiger partial charge in [-0.25, -0.2) is 0 Å². The summed E-state index contributed by atoms with van der Waals surface area (Å²) < 4.78 is 0. The molecule has 4 rings (SSSR count). The molecule has 0 aromatic heterocycles. The first kappa shape index (κ1) is 14.0. The van der Waals surface area contributed by atoms with Crippen LogP contribution in [0.2, 0.25) is 0 Å². The van der Waals surface area contributed by atoms with Gasteiger partial charge < -0.3 is 0 Å². The summed E-state index contributed by atoms with van der Waals surface area (Å²) in [6.07, 6.45) is 6.37. The van der Waals surface area contributed by atoms with Crippen molar-refractivity contribution < 1.29 is 0 Å². The monoisotopic (exact) mass is 297 g/mol. The van der Waals surface area contributed by atoms with E-state index in [9.17, 15) is 5.26 Å². The zero-order valence-electron chi connectivity index (χ0n) is 13.6. The van der Waals surface area contributed by atoms with Crippen molar-refractivity contribution in [1.29, 1.82) is 5.26 Å². The van der Waals surface area contributed by atoms with Crippen molar-refractivity contribution in [2.45, 2.75) is 26.7 Å². The van der Waals surface area contributed by atoms with Gasteiger partial charge in [-0.3, -0.25) is 0 Å². The van der Waals surface area contributed by atoms with Crippen molar-refractivity contribution in [3.8, 4) is 6.07 Å². The van der Waals surface area contributed by atoms with Crippen LogP contribution in [0.3, 0.4) is 0 Å². The number of rotatable bonds is 2. The quantitative estimate of drug-likeness (QED) is 0.763. The Morgan fingerprint density at radius 3 is 1.74 bits per heavy atom. The summed E-state index contributed by atoms with van der Waals surface area (Å²) in [6.45, 7) is 4.23. The molecular formula is C22H19N. The minimum atomic E-state index is -0.166. The molecular weight excluding hydrogens is 278 g/mol. The number of hydrogen-bond acceptors (Lipinski definition) is 1. The summed E-state index contributed by atoms with van der Waals surface area (Å²) in [5.41, 5.74) is 10.1. The standard InChI is InChI=1S/C22H19N/c1-14-3-5-16-7-9-18(20(16)11-14)22(13-23)19-10-8-17-6-4-15(2)12-21(17)19/h3-6,9-12,22H,7-8H2,1-2H3. The first-order chi connectivity index (χ1) is 11.2. The van der Waals surface area contributed by atoms with Crippen molar-refractivity contribution in [2.24, 2.45) is 5.92 Å². The number of nitriles is 1. The number of nitrogens with zero attached hydrogens (tertiary/aromatic N) is 1. The average molecular weight is 297 g/mol. The van der Waals surface area contributed by atoms with Gasteiger partial charge in [0.1, 0.15) is 0 Å². The van der Waals surface area contributed by atoms with E-state index in [0.717, 1.165) is 12.8 Å². The van der Waals surface area contributed by atoms with Crippen molar-refractivity contribution >= 4 is 11.1 Å². The van der Waals surface area contributed by atoms with Gasteiger partial charge in [0.05, 0.1) is 12.0 Å². The molecule has 0 unspecified atom stereocenters. The fourth-order valence-electron chi connectivity index (χ4n) is 3.79. The van der Waals surface area contributed by atoms with E-state index in [-0.39, 0.29) is 5.92 Å². The Labute approximate surface area is 137 Å². The summed E-state index contributed by atoms with van der Waals surface area (Å²) in [5.74, 6) is -0.166. The number of hydrogen-bond donors (Lipinski definition) is 0. The van der Waals surface area contributed by atoms with E-state index in [1.165, 1.54) is 44.5 Å². The van der Waals surface area contributed by atoms with Gasteiger partial charge in [-0.05, 0) is 60.1 Å². The summed E-state index contributed by atoms with van der Waals surface area (Å²) in [4.78, 5) is 0. The molecule has 0 heterocycles. The molecule has 1 nitrogen and oxygen atoms in total. The second-order valence-electron chi connectivity index (χ2n) is 6.61. The van der Waals surface area contributed by atoms with Crippen LogP contribution in [0.1, 0.15) is 33.4 Å². The zero-order valence-corrected chi connectivity index (χ0v) is 13.6. The Morgan fingerprint density at radius 1 is 0.826 bits per heavy atom. The Hall–Kier alpha value is -2.59. The first-order valence-electron chi connectivity index (χ1n) is 8.17. The number of benzene rings is 2. The Kier molecular flexibility index (Phi) is 3.20. The van der Waals surface area contributed by atoms with Crippen LogP contribution in [0, 0.1) is 31.1 Å². The topological polar surface area (TPSA) is 23.8 Å². The van der Waals surface area contributed by atoms with Crippen molar-refractivity contribution in [3.63, 3.8) is 0 Å². The minimum Gasteiger partial charge on any atom is -0.197 e. The number of aryl methyl sites for hydroxylation is 2. The second kappa shape index (κ2) is 5.25. The zero-order chi connectivity index (χ0) is 16.0. The summed E-state index contributed by atoms with van der Waals surface area (Å²) in [7, 11) is 0. The third-order valence-corrected chi connectivity index (χ3v) is 4.99. The summed E-state index contributed by atoms with van der Waals surface area (Å²) in [5, 5.41) is 9.90. The molecule has 0 amide bonds. The normalized spacial score (nSPS) is 15.0. The van der Waals surface area contributed by atoms with Crippen LogP contribution in [0.5, 0.6) is 0 Å². The fourth-order valence-corrected chi connectivity index (χ4v) is 3.79. The van der Waals surface area contributed by atoms with E-state index >= 15 is 0 Å². The highest BCUT2D eigenvalue weighted by molar-refractivity contribution is 5.90. The summed E-state index contributed by atoms with van der Waals surface area (Å²) in [6, 6.07) is 15.7. The molecule has 2 aromatic rings. The van der Waals surface area contributed by atoms with Crippen LogP contribution in [0.25, 0.3) is 11.1 Å². The summed E-state index contributed by atoms with van der Waals surface area (Å²) >= 11 is 0. The Balaban J connectivity index is 1.78. The Bertz CT molecular complexity index is 837. The van der Waals surface area contributed by atoms with Crippen molar-refractivity contribution in [1.82, 2.24) is 0 Å². The van der Waals surface area contributed by atoms with Gasteiger partial charge in [-0.2, -0.15) is 5.26 Å². The lowest BCUT2D eigenvalue weighted by molar-refractivity contribution is 1.13. The van der Waals surface area contributed by atoms with Gasteiger partial charge in [-0.15, -0.1) is 0 Å². The largest absolute Gasteiger partial charge is 0.197 e. The second-order valence-corrected chi connectivity index (χ2v) is 6.61. The lowest BCUT2D eigenvalue weighted by Gasteiger charge is -2.16. The van der Waals surface area contributed by atoms with E-state index in [0.29, 0.717) is 0 Å². The molecule has 0 aliphatic heterocycles.